The van der Waals surface area contributed by atoms with Crippen LogP contribution in [0, 0.1) is 0 Å². The third-order valence-electron chi connectivity index (χ3n) is 5.59. The molecular weight excluding hydrogens is 476 g/mol. The first-order valence-electron chi connectivity index (χ1n) is 10.5. The molecule has 0 bridgehead atoms. The van der Waals surface area contributed by atoms with Crippen LogP contribution >= 0.6 is 22.9 Å². The highest BCUT2D eigenvalue weighted by Gasteiger charge is 2.45. The normalized spacial score (nSPS) is 14.9. The average molecular weight is 499 g/mol. The molecule has 1 aliphatic heterocycles. The van der Waals surface area contributed by atoms with E-state index in [2.05, 4.69) is 15.6 Å². The van der Waals surface area contributed by atoms with E-state index in [4.69, 9.17) is 22.3 Å². The summed E-state index contributed by atoms with van der Waals surface area (Å²) in [5.74, 6) is -0.423. The first-order chi connectivity index (χ1) is 16.1. The van der Waals surface area contributed by atoms with Crippen LogP contribution in [0.15, 0.2) is 42.6 Å². The Hall–Kier alpha value is -3.50. The van der Waals surface area contributed by atoms with Gasteiger partial charge in [-0.25, -0.2) is 14.8 Å². The molecule has 176 valence electrons. The second-order valence-corrected chi connectivity index (χ2v) is 10.0. The Balaban J connectivity index is 1.55. The summed E-state index contributed by atoms with van der Waals surface area (Å²) < 4.78 is 0.636. The van der Waals surface area contributed by atoms with E-state index in [1.807, 2.05) is 12.1 Å². The van der Waals surface area contributed by atoms with E-state index < -0.39 is 17.5 Å². The number of aromatic nitrogens is 2. The maximum absolute atomic E-state index is 12.1. The second-order valence-electron chi connectivity index (χ2n) is 8.31. The number of carbonyl (C=O) groups excluding carboxylic acids is 3. The van der Waals surface area contributed by atoms with E-state index in [0.29, 0.717) is 41.1 Å². The second kappa shape index (κ2) is 9.40. The number of urea groups is 1. The van der Waals surface area contributed by atoms with Gasteiger partial charge in [0.2, 0.25) is 11.9 Å². The fraction of sp³-hybridized carbons (Fsp3) is 0.261. The Kier molecular flexibility index (Phi) is 6.54. The lowest BCUT2D eigenvalue weighted by molar-refractivity contribution is -0.125. The first-order valence-corrected chi connectivity index (χ1v) is 11.7. The largest absolute Gasteiger partial charge is 0.366 e. The van der Waals surface area contributed by atoms with E-state index in [-0.39, 0.29) is 5.91 Å². The van der Waals surface area contributed by atoms with Crippen molar-refractivity contribution in [1.82, 2.24) is 20.2 Å². The standard InChI is InChI=1S/C23H23ClN6O3S/c1-23(2)20(32)29-22(33)30(23)9-8-26-21-27-12-15(18(28-21)16-6-7-17(24)34-16)11-13-4-3-5-14(10-13)19(25)31/h3-7,10,12H,8-9,11H2,1-2H3,(H2,25,31)(H,26,27,28)(H,29,32,33). The number of anilines is 1. The zero-order chi connectivity index (χ0) is 24.5. The molecule has 9 nitrogen and oxygen atoms in total. The highest BCUT2D eigenvalue weighted by Crippen LogP contribution is 2.33. The van der Waals surface area contributed by atoms with Crippen molar-refractivity contribution in [2.24, 2.45) is 5.73 Å². The number of rotatable bonds is 8. The van der Waals surface area contributed by atoms with Crippen LogP contribution in [0.5, 0.6) is 0 Å². The SMILES string of the molecule is CC1(C)C(=O)NC(=O)N1CCNc1ncc(Cc2cccc(C(N)=O)c2)c(-c2ccc(Cl)s2)n1. The molecule has 1 saturated heterocycles. The lowest BCUT2D eigenvalue weighted by atomic mass is 10.0. The maximum Gasteiger partial charge on any atom is 0.325 e. The number of carbonyl (C=O) groups is 3. The molecule has 0 saturated carbocycles. The van der Waals surface area contributed by atoms with Gasteiger partial charge in [0.1, 0.15) is 5.54 Å². The van der Waals surface area contributed by atoms with Crippen molar-refractivity contribution >= 4 is 46.7 Å². The molecule has 4 N–H and O–H groups in total. The van der Waals surface area contributed by atoms with Gasteiger partial charge >= 0.3 is 6.03 Å². The molecule has 0 aliphatic carbocycles. The average Bonchev–Trinajstić information content (AvgIpc) is 3.30. The van der Waals surface area contributed by atoms with Gasteiger partial charge in [-0.3, -0.25) is 14.9 Å². The number of imide groups is 1. The molecule has 0 spiro atoms. The predicted molar refractivity (Wildman–Crippen MR) is 131 cm³/mol. The van der Waals surface area contributed by atoms with Crippen molar-refractivity contribution in [3.8, 4) is 10.6 Å². The van der Waals surface area contributed by atoms with Gasteiger partial charge in [0.15, 0.2) is 0 Å². The Bertz CT molecular complexity index is 1280. The number of amides is 4. The van der Waals surface area contributed by atoms with Crippen LogP contribution < -0.4 is 16.4 Å². The van der Waals surface area contributed by atoms with Gasteiger partial charge in [-0.2, -0.15) is 0 Å². The zero-order valence-electron chi connectivity index (χ0n) is 18.6. The summed E-state index contributed by atoms with van der Waals surface area (Å²) in [6, 6.07) is 10.4. The molecule has 0 unspecified atom stereocenters. The number of primary amides is 1. The van der Waals surface area contributed by atoms with Crippen LogP contribution in [0.1, 0.15) is 35.3 Å². The van der Waals surface area contributed by atoms with Gasteiger partial charge in [0.25, 0.3) is 5.91 Å². The highest BCUT2D eigenvalue weighted by molar-refractivity contribution is 7.19. The van der Waals surface area contributed by atoms with Gasteiger partial charge in [-0.05, 0) is 43.7 Å². The van der Waals surface area contributed by atoms with Crippen molar-refractivity contribution in [2.45, 2.75) is 25.8 Å². The minimum atomic E-state index is -0.915. The number of halogens is 1. The minimum Gasteiger partial charge on any atom is -0.366 e. The molecule has 0 radical (unpaired) electrons. The summed E-state index contributed by atoms with van der Waals surface area (Å²) >= 11 is 7.57. The van der Waals surface area contributed by atoms with E-state index in [1.54, 1.807) is 44.3 Å². The molecule has 1 aromatic carbocycles. The quantitative estimate of drug-likeness (QED) is 0.408. The summed E-state index contributed by atoms with van der Waals surface area (Å²) in [5.41, 5.74) is 7.41. The van der Waals surface area contributed by atoms with Crippen LogP contribution in [0.4, 0.5) is 10.7 Å². The number of nitrogens with zero attached hydrogens (tertiary/aromatic N) is 3. The van der Waals surface area contributed by atoms with Gasteiger partial charge in [0.05, 0.1) is 14.9 Å². The smallest absolute Gasteiger partial charge is 0.325 e. The van der Waals surface area contributed by atoms with E-state index in [1.165, 1.54) is 16.2 Å². The zero-order valence-corrected chi connectivity index (χ0v) is 20.2. The molecule has 4 amide bonds. The fourth-order valence-electron chi connectivity index (χ4n) is 3.69. The van der Waals surface area contributed by atoms with Crippen LogP contribution in [-0.2, 0) is 11.2 Å². The molecular formula is C23H23ClN6O3S. The number of thiophene rings is 1. The van der Waals surface area contributed by atoms with E-state index in [0.717, 1.165) is 16.0 Å². The molecule has 1 fully saturated rings. The van der Waals surface area contributed by atoms with Crippen molar-refractivity contribution in [1.29, 1.82) is 0 Å². The lowest BCUT2D eigenvalue weighted by Gasteiger charge is -2.27. The molecule has 0 atom stereocenters. The molecule has 34 heavy (non-hydrogen) atoms. The van der Waals surface area contributed by atoms with E-state index >= 15 is 0 Å². The Morgan fingerprint density at radius 2 is 2.06 bits per heavy atom. The van der Waals surface area contributed by atoms with Gasteiger partial charge < -0.3 is 16.0 Å². The van der Waals surface area contributed by atoms with Gasteiger partial charge in [0, 0.05) is 36.8 Å². The van der Waals surface area contributed by atoms with Crippen LogP contribution in [0.3, 0.4) is 0 Å². The van der Waals surface area contributed by atoms with Crippen LogP contribution in [-0.4, -0.2) is 51.3 Å². The molecule has 4 rings (SSSR count). The van der Waals surface area contributed by atoms with Crippen molar-refractivity contribution in [3.63, 3.8) is 0 Å². The maximum atomic E-state index is 12.1. The Morgan fingerprint density at radius 3 is 2.71 bits per heavy atom. The number of nitrogens with two attached hydrogens (primary N) is 1. The summed E-state index contributed by atoms with van der Waals surface area (Å²) in [6.45, 7) is 4.05. The lowest BCUT2D eigenvalue weighted by Crippen LogP contribution is -2.46. The third-order valence-corrected chi connectivity index (χ3v) is 6.83. The molecule has 2 aromatic heterocycles. The number of benzene rings is 1. The van der Waals surface area contributed by atoms with Crippen molar-refractivity contribution < 1.29 is 14.4 Å². The minimum absolute atomic E-state index is 0.301. The summed E-state index contributed by atoms with van der Waals surface area (Å²) in [6.07, 6.45) is 2.22. The summed E-state index contributed by atoms with van der Waals surface area (Å²) in [7, 11) is 0. The summed E-state index contributed by atoms with van der Waals surface area (Å²) in [5, 5.41) is 5.46. The Labute approximate surface area is 205 Å². The Morgan fingerprint density at radius 1 is 1.26 bits per heavy atom. The molecule has 3 aromatic rings. The van der Waals surface area contributed by atoms with Gasteiger partial charge in [-0.1, -0.05) is 23.7 Å². The predicted octanol–water partition coefficient (Wildman–Crippen LogP) is 3.29. The summed E-state index contributed by atoms with van der Waals surface area (Å²) in [4.78, 5) is 47.0. The van der Waals surface area contributed by atoms with Gasteiger partial charge in [-0.15, -0.1) is 11.3 Å². The topological polar surface area (TPSA) is 130 Å². The number of nitrogens with one attached hydrogen (secondary N) is 2. The molecule has 3 heterocycles. The molecule has 1 aliphatic rings. The van der Waals surface area contributed by atoms with Crippen LogP contribution in [0.2, 0.25) is 4.34 Å². The third kappa shape index (κ3) is 4.87. The van der Waals surface area contributed by atoms with Crippen molar-refractivity contribution in [3.05, 3.63) is 63.6 Å². The first kappa shape index (κ1) is 23.7. The highest BCUT2D eigenvalue weighted by atomic mass is 35.5. The monoisotopic (exact) mass is 498 g/mol. The fourth-order valence-corrected chi connectivity index (χ4v) is 4.75. The van der Waals surface area contributed by atoms with Crippen molar-refractivity contribution in [2.75, 3.05) is 18.4 Å². The number of hydrogen-bond acceptors (Lipinski definition) is 7. The molecule has 11 heteroatoms. The van der Waals surface area contributed by atoms with Crippen LogP contribution in [0.25, 0.3) is 10.6 Å². The van der Waals surface area contributed by atoms with E-state index in [9.17, 15) is 14.4 Å². The number of hydrogen-bond donors (Lipinski definition) is 3.